The van der Waals surface area contributed by atoms with E-state index in [1.54, 1.807) is 17.2 Å². The van der Waals surface area contributed by atoms with Crippen LogP contribution in [0, 0.1) is 0 Å². The summed E-state index contributed by atoms with van der Waals surface area (Å²) < 4.78 is 1.68. The van der Waals surface area contributed by atoms with Crippen molar-refractivity contribution in [2.75, 3.05) is 0 Å². The van der Waals surface area contributed by atoms with Gasteiger partial charge in [0.05, 0.1) is 34.6 Å². The molecule has 0 unspecified atom stereocenters. The minimum Gasteiger partial charge on any atom is -0.345 e. The molecule has 4 aromatic rings. The maximum absolute atomic E-state index is 6.01. The highest BCUT2D eigenvalue weighted by Crippen LogP contribution is 2.28. The van der Waals surface area contributed by atoms with Crippen LogP contribution in [-0.4, -0.2) is 29.7 Å². The number of halogens is 1. The number of aryl methyl sites for hydroxylation is 1. The number of H-pyrrole nitrogens is 1. The summed E-state index contributed by atoms with van der Waals surface area (Å²) in [6.07, 6.45) is 3.41. The Bertz CT molecular complexity index is 938. The molecule has 1 N–H and O–H groups in total. The molecule has 0 saturated heterocycles. The van der Waals surface area contributed by atoms with E-state index in [1.807, 2.05) is 25.2 Å². The molecule has 0 bridgehead atoms. The summed E-state index contributed by atoms with van der Waals surface area (Å²) >= 11 is 6.01. The van der Waals surface area contributed by atoms with E-state index in [1.165, 1.54) is 0 Å². The van der Waals surface area contributed by atoms with Crippen molar-refractivity contribution in [1.82, 2.24) is 29.7 Å². The van der Waals surface area contributed by atoms with E-state index in [0.717, 1.165) is 27.7 Å². The maximum atomic E-state index is 6.01. The number of rotatable bonds is 1. The third kappa shape index (κ3) is 1.58. The molecule has 0 radical (unpaired) electrons. The van der Waals surface area contributed by atoms with Crippen LogP contribution in [0.15, 0.2) is 30.7 Å². The van der Waals surface area contributed by atoms with Crippen LogP contribution < -0.4 is 0 Å². The summed E-state index contributed by atoms with van der Waals surface area (Å²) in [7, 11) is 1.83. The average Bonchev–Trinajstić information content (AvgIpc) is 3.04. The average molecular weight is 285 g/mol. The van der Waals surface area contributed by atoms with Crippen LogP contribution in [0.5, 0.6) is 0 Å². The van der Waals surface area contributed by atoms with Crippen molar-refractivity contribution in [2.45, 2.75) is 0 Å². The Balaban J connectivity index is 2.05. The van der Waals surface area contributed by atoms with Gasteiger partial charge in [0.25, 0.3) is 0 Å². The number of nitrogens with zero attached hydrogens (tertiary/aromatic N) is 5. The van der Waals surface area contributed by atoms with Crippen LogP contribution in [-0.2, 0) is 7.05 Å². The van der Waals surface area contributed by atoms with Crippen molar-refractivity contribution in [3.8, 4) is 11.3 Å². The quantitative estimate of drug-likeness (QED) is 0.545. The summed E-state index contributed by atoms with van der Waals surface area (Å²) in [5, 5.41) is 5.28. The summed E-state index contributed by atoms with van der Waals surface area (Å²) in [5.74, 6) is 0. The molecular weight excluding hydrogens is 276 g/mol. The Morgan fingerprint density at radius 3 is 3.05 bits per heavy atom. The molecule has 3 aromatic heterocycles. The van der Waals surface area contributed by atoms with Gasteiger partial charge in [0.15, 0.2) is 5.65 Å². The number of aromatic amines is 1. The van der Waals surface area contributed by atoms with E-state index in [-0.39, 0.29) is 5.28 Å². The normalized spacial score (nSPS) is 11.5. The van der Waals surface area contributed by atoms with Crippen molar-refractivity contribution >= 4 is 33.7 Å². The zero-order chi connectivity index (χ0) is 13.7. The lowest BCUT2D eigenvalue weighted by molar-refractivity contribution is 0.785. The van der Waals surface area contributed by atoms with Gasteiger partial charge in [0, 0.05) is 12.6 Å². The van der Waals surface area contributed by atoms with Gasteiger partial charge in [-0.05, 0) is 23.7 Å². The molecule has 0 spiro atoms. The zero-order valence-corrected chi connectivity index (χ0v) is 11.3. The molecule has 0 amide bonds. The lowest BCUT2D eigenvalue weighted by Crippen LogP contribution is -1.95. The topological polar surface area (TPSA) is 72.3 Å². The highest BCUT2D eigenvalue weighted by atomic mass is 35.5. The SMILES string of the molecule is Cn1ncc2c(-c3ccc4[nH]cnc4c3)nc(Cl)nc21. The fourth-order valence-corrected chi connectivity index (χ4v) is 2.46. The van der Waals surface area contributed by atoms with Crippen molar-refractivity contribution in [2.24, 2.45) is 7.05 Å². The third-order valence-electron chi connectivity index (χ3n) is 3.26. The summed E-state index contributed by atoms with van der Waals surface area (Å²) in [6.45, 7) is 0. The first-order valence-corrected chi connectivity index (χ1v) is 6.39. The number of benzene rings is 1. The minimum absolute atomic E-state index is 0.207. The van der Waals surface area contributed by atoms with Gasteiger partial charge in [0.1, 0.15) is 0 Å². The van der Waals surface area contributed by atoms with Crippen molar-refractivity contribution in [3.63, 3.8) is 0 Å². The highest BCUT2D eigenvalue weighted by Gasteiger charge is 2.13. The summed E-state index contributed by atoms with van der Waals surface area (Å²) in [6, 6.07) is 5.92. The molecule has 0 aliphatic rings. The van der Waals surface area contributed by atoms with E-state index < -0.39 is 0 Å². The third-order valence-corrected chi connectivity index (χ3v) is 3.43. The Hall–Kier alpha value is -2.47. The summed E-state index contributed by atoms with van der Waals surface area (Å²) in [4.78, 5) is 15.9. The molecule has 0 aliphatic heterocycles. The van der Waals surface area contributed by atoms with Crippen LogP contribution >= 0.6 is 11.6 Å². The molecule has 4 rings (SSSR count). The molecule has 0 fully saturated rings. The number of fused-ring (bicyclic) bond motifs is 2. The molecule has 20 heavy (non-hydrogen) atoms. The molecule has 6 nitrogen and oxygen atoms in total. The summed E-state index contributed by atoms with van der Waals surface area (Å²) in [5.41, 5.74) is 4.28. The first-order valence-electron chi connectivity index (χ1n) is 6.01. The number of nitrogens with one attached hydrogen (secondary N) is 1. The molecule has 7 heteroatoms. The van der Waals surface area contributed by atoms with E-state index in [2.05, 4.69) is 25.0 Å². The van der Waals surface area contributed by atoms with Gasteiger partial charge in [-0.25, -0.2) is 9.97 Å². The van der Waals surface area contributed by atoms with E-state index in [0.29, 0.717) is 5.65 Å². The lowest BCUT2D eigenvalue weighted by atomic mass is 10.1. The van der Waals surface area contributed by atoms with Crippen LogP contribution in [0.3, 0.4) is 0 Å². The number of aromatic nitrogens is 6. The molecular formula is C13H9ClN6. The molecule has 1 aromatic carbocycles. The molecule has 0 saturated carbocycles. The predicted molar refractivity (Wildman–Crippen MR) is 76.4 cm³/mol. The first kappa shape index (κ1) is 11.4. The van der Waals surface area contributed by atoms with Gasteiger partial charge in [0.2, 0.25) is 5.28 Å². The second-order valence-corrected chi connectivity index (χ2v) is 4.82. The molecule has 3 heterocycles. The predicted octanol–water partition coefficient (Wildman–Crippen LogP) is 2.56. The van der Waals surface area contributed by atoms with Crippen LogP contribution in [0.25, 0.3) is 33.3 Å². The van der Waals surface area contributed by atoms with Gasteiger partial charge in [-0.3, -0.25) is 4.68 Å². The molecule has 0 aliphatic carbocycles. The van der Waals surface area contributed by atoms with E-state index in [9.17, 15) is 0 Å². The number of imidazole rings is 1. The Morgan fingerprint density at radius 2 is 2.15 bits per heavy atom. The van der Waals surface area contributed by atoms with Crippen LogP contribution in [0.1, 0.15) is 0 Å². The minimum atomic E-state index is 0.207. The first-order chi connectivity index (χ1) is 9.72. The van der Waals surface area contributed by atoms with Gasteiger partial charge in [-0.2, -0.15) is 10.1 Å². The fourth-order valence-electron chi connectivity index (χ4n) is 2.29. The van der Waals surface area contributed by atoms with Gasteiger partial charge in [-0.15, -0.1) is 0 Å². The Morgan fingerprint density at radius 1 is 1.25 bits per heavy atom. The monoisotopic (exact) mass is 284 g/mol. The number of hydrogen-bond acceptors (Lipinski definition) is 4. The van der Waals surface area contributed by atoms with Crippen LogP contribution in [0.4, 0.5) is 0 Å². The standard InChI is InChI=1S/C13H9ClN6/c1-20-12-8(5-17-20)11(18-13(14)19-12)7-2-3-9-10(4-7)16-6-15-9/h2-6H,1H3,(H,15,16). The largest absolute Gasteiger partial charge is 0.345 e. The Labute approximate surface area is 118 Å². The maximum Gasteiger partial charge on any atom is 0.225 e. The van der Waals surface area contributed by atoms with Gasteiger partial charge < -0.3 is 4.98 Å². The second-order valence-electron chi connectivity index (χ2n) is 4.48. The smallest absolute Gasteiger partial charge is 0.225 e. The Kier molecular flexibility index (Phi) is 2.28. The van der Waals surface area contributed by atoms with Crippen molar-refractivity contribution in [1.29, 1.82) is 0 Å². The van der Waals surface area contributed by atoms with Crippen LogP contribution in [0.2, 0.25) is 5.28 Å². The fraction of sp³-hybridized carbons (Fsp3) is 0.0769. The molecule has 98 valence electrons. The lowest BCUT2D eigenvalue weighted by Gasteiger charge is -2.03. The molecule has 0 atom stereocenters. The van der Waals surface area contributed by atoms with Gasteiger partial charge in [-0.1, -0.05) is 6.07 Å². The second kappa shape index (κ2) is 4.01. The van der Waals surface area contributed by atoms with E-state index >= 15 is 0 Å². The zero-order valence-electron chi connectivity index (χ0n) is 10.5. The van der Waals surface area contributed by atoms with Crippen molar-refractivity contribution < 1.29 is 0 Å². The van der Waals surface area contributed by atoms with Crippen molar-refractivity contribution in [3.05, 3.63) is 36.0 Å². The number of hydrogen-bond donors (Lipinski definition) is 1. The highest BCUT2D eigenvalue weighted by molar-refractivity contribution is 6.28. The van der Waals surface area contributed by atoms with E-state index in [4.69, 9.17) is 11.6 Å². The van der Waals surface area contributed by atoms with Gasteiger partial charge >= 0.3 is 0 Å².